The Morgan fingerprint density at radius 2 is 1.56 bits per heavy atom. The first kappa shape index (κ1) is 18.9. The number of hydrogen-bond acceptors (Lipinski definition) is 4. The lowest BCUT2D eigenvalue weighted by Crippen LogP contribution is -2.50. The van der Waals surface area contributed by atoms with E-state index >= 15 is 0 Å². The maximum absolute atomic E-state index is 12.7. The minimum atomic E-state index is -0.0400. The highest BCUT2D eigenvalue weighted by Gasteiger charge is 2.25. The van der Waals surface area contributed by atoms with Gasteiger partial charge >= 0.3 is 0 Å². The van der Waals surface area contributed by atoms with Gasteiger partial charge in [0.05, 0.1) is 12.2 Å². The van der Waals surface area contributed by atoms with E-state index in [0.717, 1.165) is 5.75 Å². The van der Waals surface area contributed by atoms with E-state index in [4.69, 9.17) is 4.74 Å². The van der Waals surface area contributed by atoms with Crippen LogP contribution in [-0.2, 0) is 0 Å². The molecule has 0 bridgehead atoms. The number of carbonyl (C=O) groups is 2. The van der Waals surface area contributed by atoms with Crippen LogP contribution in [0.25, 0.3) is 0 Å². The van der Waals surface area contributed by atoms with Crippen molar-refractivity contribution in [2.24, 2.45) is 5.92 Å². The number of piperazine rings is 1. The Kier molecular flexibility index (Phi) is 6.06. The Labute approximate surface area is 159 Å². The molecule has 0 atom stereocenters. The number of benzene rings is 1. The normalized spacial score (nSPS) is 14.3. The van der Waals surface area contributed by atoms with Gasteiger partial charge in [-0.05, 0) is 42.3 Å². The summed E-state index contributed by atoms with van der Waals surface area (Å²) in [4.78, 5) is 32.7. The fraction of sp³-hybridized carbons (Fsp3) is 0.381. The highest BCUT2D eigenvalue weighted by atomic mass is 16.5. The predicted molar refractivity (Wildman–Crippen MR) is 103 cm³/mol. The van der Waals surface area contributed by atoms with Crippen molar-refractivity contribution < 1.29 is 14.3 Å². The quantitative estimate of drug-likeness (QED) is 0.815. The SMILES string of the molecule is CC(C)COc1ccc(C(=O)N2CCN(C(=O)c3cccnc3)CC2)cc1. The first-order valence-corrected chi connectivity index (χ1v) is 9.26. The minimum Gasteiger partial charge on any atom is -0.493 e. The second-order valence-corrected chi connectivity index (χ2v) is 7.06. The van der Waals surface area contributed by atoms with E-state index in [1.807, 2.05) is 12.1 Å². The lowest BCUT2D eigenvalue weighted by Gasteiger charge is -2.34. The van der Waals surface area contributed by atoms with Crippen LogP contribution in [-0.4, -0.2) is 59.4 Å². The van der Waals surface area contributed by atoms with Gasteiger partial charge in [0.25, 0.3) is 11.8 Å². The smallest absolute Gasteiger partial charge is 0.255 e. The third-order valence-corrected chi connectivity index (χ3v) is 4.45. The number of nitrogens with zero attached hydrogens (tertiary/aromatic N) is 3. The van der Waals surface area contributed by atoms with Crippen molar-refractivity contribution in [2.75, 3.05) is 32.8 Å². The average molecular weight is 367 g/mol. The van der Waals surface area contributed by atoms with E-state index in [9.17, 15) is 9.59 Å². The van der Waals surface area contributed by atoms with Crippen molar-refractivity contribution in [1.29, 1.82) is 0 Å². The summed E-state index contributed by atoms with van der Waals surface area (Å²) in [5, 5.41) is 0. The zero-order valence-electron chi connectivity index (χ0n) is 15.8. The van der Waals surface area contributed by atoms with Gasteiger partial charge < -0.3 is 14.5 Å². The van der Waals surface area contributed by atoms with Gasteiger partial charge in [-0.2, -0.15) is 0 Å². The third kappa shape index (κ3) is 4.84. The third-order valence-electron chi connectivity index (χ3n) is 4.45. The molecule has 6 heteroatoms. The molecule has 2 heterocycles. The molecule has 0 N–H and O–H groups in total. The molecule has 27 heavy (non-hydrogen) atoms. The van der Waals surface area contributed by atoms with E-state index in [1.54, 1.807) is 46.5 Å². The summed E-state index contributed by atoms with van der Waals surface area (Å²) in [5.74, 6) is 1.17. The number of rotatable bonds is 5. The lowest BCUT2D eigenvalue weighted by molar-refractivity contribution is 0.0535. The molecule has 6 nitrogen and oxygen atoms in total. The molecule has 1 aliphatic heterocycles. The van der Waals surface area contributed by atoms with Gasteiger partial charge in [0.2, 0.25) is 0 Å². The number of pyridine rings is 1. The van der Waals surface area contributed by atoms with E-state index in [2.05, 4.69) is 18.8 Å². The summed E-state index contributed by atoms with van der Waals surface area (Å²) < 4.78 is 5.66. The van der Waals surface area contributed by atoms with Gasteiger partial charge in [-0.25, -0.2) is 0 Å². The summed E-state index contributed by atoms with van der Waals surface area (Å²) in [7, 11) is 0. The Balaban J connectivity index is 1.54. The Morgan fingerprint density at radius 1 is 0.963 bits per heavy atom. The fourth-order valence-corrected chi connectivity index (χ4v) is 2.92. The summed E-state index contributed by atoms with van der Waals surface area (Å²) in [6, 6.07) is 10.8. The van der Waals surface area contributed by atoms with Crippen LogP contribution in [0.2, 0.25) is 0 Å². The van der Waals surface area contributed by atoms with Crippen LogP contribution in [0.5, 0.6) is 5.75 Å². The van der Waals surface area contributed by atoms with Crippen molar-refractivity contribution in [1.82, 2.24) is 14.8 Å². The molecule has 2 aromatic rings. The zero-order chi connectivity index (χ0) is 19.2. The molecule has 1 aromatic carbocycles. The molecule has 1 fully saturated rings. The fourth-order valence-electron chi connectivity index (χ4n) is 2.92. The van der Waals surface area contributed by atoms with Crippen molar-refractivity contribution in [3.63, 3.8) is 0 Å². The Morgan fingerprint density at radius 3 is 2.07 bits per heavy atom. The van der Waals surface area contributed by atoms with E-state index in [1.165, 1.54) is 0 Å². The van der Waals surface area contributed by atoms with Crippen LogP contribution in [0.3, 0.4) is 0 Å². The predicted octanol–water partition coefficient (Wildman–Crippen LogP) is 2.71. The number of carbonyl (C=O) groups excluding carboxylic acids is 2. The Bertz CT molecular complexity index is 767. The molecule has 0 unspecified atom stereocenters. The lowest BCUT2D eigenvalue weighted by atomic mass is 10.1. The van der Waals surface area contributed by atoms with Crippen LogP contribution in [0, 0.1) is 5.92 Å². The van der Waals surface area contributed by atoms with Gasteiger partial charge in [-0.1, -0.05) is 13.8 Å². The monoisotopic (exact) mass is 367 g/mol. The summed E-state index contributed by atoms with van der Waals surface area (Å²) in [6.45, 7) is 6.93. The first-order chi connectivity index (χ1) is 13.0. The largest absolute Gasteiger partial charge is 0.493 e. The maximum atomic E-state index is 12.7. The van der Waals surface area contributed by atoms with Crippen LogP contribution in [0.1, 0.15) is 34.6 Å². The van der Waals surface area contributed by atoms with E-state index < -0.39 is 0 Å². The molecule has 1 saturated heterocycles. The standard InChI is InChI=1S/C21H25N3O3/c1-16(2)15-27-19-7-5-17(6-8-19)20(25)23-10-12-24(13-11-23)21(26)18-4-3-9-22-14-18/h3-9,14,16H,10-13,15H2,1-2H3. The number of ether oxygens (including phenoxy) is 1. The number of amides is 2. The van der Waals surface area contributed by atoms with Crippen molar-refractivity contribution in [3.05, 3.63) is 59.9 Å². The summed E-state index contributed by atoms with van der Waals surface area (Å²) in [6.07, 6.45) is 3.22. The van der Waals surface area contributed by atoms with Crippen LogP contribution in [0.4, 0.5) is 0 Å². The van der Waals surface area contributed by atoms with Crippen LogP contribution in [0.15, 0.2) is 48.8 Å². The maximum Gasteiger partial charge on any atom is 0.255 e. The molecule has 1 aliphatic rings. The highest BCUT2D eigenvalue weighted by molar-refractivity contribution is 5.95. The summed E-state index contributed by atoms with van der Waals surface area (Å²) >= 11 is 0. The Hall–Kier alpha value is -2.89. The van der Waals surface area contributed by atoms with Gasteiger partial charge in [0.1, 0.15) is 5.75 Å². The molecule has 1 aromatic heterocycles. The molecule has 0 radical (unpaired) electrons. The molecular weight excluding hydrogens is 342 g/mol. The zero-order valence-corrected chi connectivity index (χ0v) is 15.8. The van der Waals surface area contributed by atoms with E-state index in [0.29, 0.717) is 49.8 Å². The minimum absolute atomic E-state index is 0.0149. The second kappa shape index (κ2) is 8.66. The number of aromatic nitrogens is 1. The van der Waals surface area contributed by atoms with Gasteiger partial charge in [0.15, 0.2) is 0 Å². The molecule has 0 aliphatic carbocycles. The summed E-state index contributed by atoms with van der Waals surface area (Å²) in [5.41, 5.74) is 1.22. The average Bonchev–Trinajstić information content (AvgIpc) is 2.72. The van der Waals surface area contributed by atoms with Crippen molar-refractivity contribution in [3.8, 4) is 5.75 Å². The van der Waals surface area contributed by atoms with E-state index in [-0.39, 0.29) is 11.8 Å². The molecule has 0 saturated carbocycles. The van der Waals surface area contributed by atoms with Gasteiger partial charge in [-0.15, -0.1) is 0 Å². The molecular formula is C21H25N3O3. The molecule has 3 rings (SSSR count). The molecule has 2 amide bonds. The molecule has 0 spiro atoms. The van der Waals surface area contributed by atoms with Crippen molar-refractivity contribution >= 4 is 11.8 Å². The van der Waals surface area contributed by atoms with Crippen LogP contribution >= 0.6 is 0 Å². The van der Waals surface area contributed by atoms with Crippen molar-refractivity contribution in [2.45, 2.75) is 13.8 Å². The van der Waals surface area contributed by atoms with Gasteiger partial charge in [0, 0.05) is 44.1 Å². The topological polar surface area (TPSA) is 62.7 Å². The van der Waals surface area contributed by atoms with Crippen LogP contribution < -0.4 is 4.74 Å². The number of hydrogen-bond donors (Lipinski definition) is 0. The first-order valence-electron chi connectivity index (χ1n) is 9.26. The highest BCUT2D eigenvalue weighted by Crippen LogP contribution is 2.16. The molecule has 142 valence electrons. The second-order valence-electron chi connectivity index (χ2n) is 7.06. The van der Waals surface area contributed by atoms with Gasteiger partial charge in [-0.3, -0.25) is 14.6 Å².